The molecule has 1 saturated carbocycles. The van der Waals surface area contributed by atoms with E-state index in [4.69, 9.17) is 9.26 Å². The third kappa shape index (κ3) is 3.53. The third-order valence-corrected chi connectivity index (χ3v) is 6.25. The maximum absolute atomic E-state index is 12.7. The number of aromatic nitrogens is 2. The van der Waals surface area contributed by atoms with Crippen LogP contribution in [0.15, 0.2) is 35.1 Å². The number of hydrogen-bond acceptors (Lipinski definition) is 6. The van der Waals surface area contributed by atoms with Crippen LogP contribution in [0.4, 0.5) is 0 Å². The summed E-state index contributed by atoms with van der Waals surface area (Å²) >= 11 is 0. The second-order valence-corrected chi connectivity index (χ2v) is 8.23. The zero-order chi connectivity index (χ0) is 19.8. The highest BCUT2D eigenvalue weighted by atomic mass is 16.5. The normalized spacial score (nSPS) is 22.5. The van der Waals surface area contributed by atoms with Gasteiger partial charge in [-0.05, 0) is 43.7 Å². The van der Waals surface area contributed by atoms with E-state index in [2.05, 4.69) is 15.5 Å². The monoisotopic (exact) mass is 396 g/mol. The SMILES string of the molecule is O=C(NCC[C@H]1CCOC12CN(C(=O)c1cc(C3CC3)on1)C2)c1ccncc1. The molecule has 2 aromatic heterocycles. The summed E-state index contributed by atoms with van der Waals surface area (Å²) in [5.41, 5.74) is 0.706. The molecular weight excluding hydrogens is 372 g/mol. The number of rotatable bonds is 6. The summed E-state index contributed by atoms with van der Waals surface area (Å²) in [6, 6.07) is 5.18. The Hall–Kier alpha value is -2.74. The molecule has 4 heterocycles. The zero-order valence-corrected chi connectivity index (χ0v) is 16.2. The second-order valence-electron chi connectivity index (χ2n) is 8.23. The molecule has 3 fully saturated rings. The van der Waals surface area contributed by atoms with E-state index in [9.17, 15) is 9.59 Å². The number of amides is 2. The fourth-order valence-electron chi connectivity index (χ4n) is 4.36. The molecule has 0 unspecified atom stereocenters. The van der Waals surface area contributed by atoms with Crippen LogP contribution < -0.4 is 5.32 Å². The Kier molecular flexibility index (Phi) is 4.58. The highest BCUT2D eigenvalue weighted by molar-refractivity contribution is 5.94. The van der Waals surface area contributed by atoms with E-state index < -0.39 is 0 Å². The first-order chi connectivity index (χ1) is 14.1. The van der Waals surface area contributed by atoms with E-state index in [1.165, 1.54) is 0 Å². The summed E-state index contributed by atoms with van der Waals surface area (Å²) in [5.74, 6) is 1.40. The summed E-state index contributed by atoms with van der Waals surface area (Å²) in [5, 5.41) is 6.92. The maximum atomic E-state index is 12.7. The lowest BCUT2D eigenvalue weighted by molar-refractivity contribution is -0.118. The predicted molar refractivity (Wildman–Crippen MR) is 102 cm³/mol. The van der Waals surface area contributed by atoms with Crippen molar-refractivity contribution in [3.8, 4) is 0 Å². The minimum atomic E-state index is -0.292. The number of nitrogens with one attached hydrogen (secondary N) is 1. The van der Waals surface area contributed by atoms with Crippen LogP contribution in [-0.4, -0.2) is 58.7 Å². The van der Waals surface area contributed by atoms with Crippen LogP contribution in [-0.2, 0) is 4.74 Å². The Morgan fingerprint density at radius 2 is 2.00 bits per heavy atom. The molecule has 0 aromatic carbocycles. The largest absolute Gasteiger partial charge is 0.371 e. The van der Waals surface area contributed by atoms with Gasteiger partial charge in [-0.3, -0.25) is 14.6 Å². The van der Waals surface area contributed by atoms with Gasteiger partial charge in [0.2, 0.25) is 0 Å². The molecule has 152 valence electrons. The standard InChI is InChI=1S/C21H24N4O4/c26-19(15-3-7-22-8-4-15)23-9-5-16-6-10-28-21(16)12-25(13-21)20(27)17-11-18(29-24-17)14-1-2-14/h3-4,7-8,11,14,16H,1-2,5-6,9-10,12-13H2,(H,23,26)/t16-/m0/s1. The molecule has 2 saturated heterocycles. The van der Waals surface area contributed by atoms with Gasteiger partial charge in [0.05, 0.1) is 13.1 Å². The second kappa shape index (κ2) is 7.26. The molecule has 0 bridgehead atoms. The quantitative estimate of drug-likeness (QED) is 0.802. The van der Waals surface area contributed by atoms with Crippen molar-refractivity contribution in [1.82, 2.24) is 20.4 Å². The highest BCUT2D eigenvalue weighted by Gasteiger charge is 2.54. The van der Waals surface area contributed by atoms with Crippen LogP contribution in [0.1, 0.15) is 58.2 Å². The fraction of sp³-hybridized carbons (Fsp3) is 0.524. The van der Waals surface area contributed by atoms with Crippen LogP contribution >= 0.6 is 0 Å². The lowest BCUT2D eigenvalue weighted by atomic mass is 9.78. The van der Waals surface area contributed by atoms with Gasteiger partial charge in [-0.2, -0.15) is 0 Å². The van der Waals surface area contributed by atoms with E-state index in [1.54, 1.807) is 35.5 Å². The van der Waals surface area contributed by atoms with Gasteiger partial charge in [0.25, 0.3) is 11.8 Å². The Bertz CT molecular complexity index is 902. The van der Waals surface area contributed by atoms with Crippen molar-refractivity contribution in [2.24, 2.45) is 5.92 Å². The zero-order valence-electron chi connectivity index (χ0n) is 16.2. The average molecular weight is 396 g/mol. The molecule has 29 heavy (non-hydrogen) atoms. The van der Waals surface area contributed by atoms with Crippen molar-refractivity contribution in [2.45, 2.75) is 37.2 Å². The summed E-state index contributed by atoms with van der Waals surface area (Å²) in [6.45, 7) is 2.42. The van der Waals surface area contributed by atoms with Crippen LogP contribution in [0.5, 0.6) is 0 Å². The summed E-state index contributed by atoms with van der Waals surface area (Å²) in [7, 11) is 0. The molecule has 8 heteroatoms. The van der Waals surface area contributed by atoms with Crippen LogP contribution in [0.3, 0.4) is 0 Å². The summed E-state index contributed by atoms with van der Waals surface area (Å²) < 4.78 is 11.3. The van der Waals surface area contributed by atoms with Crippen molar-refractivity contribution in [3.63, 3.8) is 0 Å². The van der Waals surface area contributed by atoms with E-state index >= 15 is 0 Å². The Morgan fingerprint density at radius 1 is 1.21 bits per heavy atom. The first kappa shape index (κ1) is 18.3. The van der Waals surface area contributed by atoms with Gasteiger partial charge in [-0.25, -0.2) is 0 Å². The van der Waals surface area contributed by atoms with Gasteiger partial charge in [0, 0.05) is 43.1 Å². The molecule has 1 N–H and O–H groups in total. The number of likely N-dealkylation sites (tertiary alicyclic amines) is 1. The van der Waals surface area contributed by atoms with Gasteiger partial charge >= 0.3 is 0 Å². The van der Waals surface area contributed by atoms with Crippen molar-refractivity contribution >= 4 is 11.8 Å². The molecule has 0 radical (unpaired) electrons. The van der Waals surface area contributed by atoms with Crippen molar-refractivity contribution < 1.29 is 18.8 Å². The average Bonchev–Trinajstić information content (AvgIpc) is 3.29. The Balaban J connectivity index is 1.13. The first-order valence-electron chi connectivity index (χ1n) is 10.2. The molecule has 1 spiro atoms. The Morgan fingerprint density at radius 3 is 2.76 bits per heavy atom. The smallest absolute Gasteiger partial charge is 0.276 e. The lowest BCUT2D eigenvalue weighted by Crippen LogP contribution is -2.66. The number of ether oxygens (including phenoxy) is 1. The van der Waals surface area contributed by atoms with Crippen LogP contribution in [0.2, 0.25) is 0 Å². The number of nitrogens with zero attached hydrogens (tertiary/aromatic N) is 3. The van der Waals surface area contributed by atoms with Crippen molar-refractivity contribution in [2.75, 3.05) is 26.2 Å². The highest BCUT2D eigenvalue weighted by Crippen LogP contribution is 2.43. The fourth-order valence-corrected chi connectivity index (χ4v) is 4.36. The Labute approximate surface area is 168 Å². The summed E-state index contributed by atoms with van der Waals surface area (Å²) in [4.78, 5) is 30.6. The van der Waals surface area contributed by atoms with E-state index in [0.717, 1.165) is 31.4 Å². The van der Waals surface area contributed by atoms with Crippen LogP contribution in [0.25, 0.3) is 0 Å². The summed E-state index contributed by atoms with van der Waals surface area (Å²) in [6.07, 6.45) is 7.22. The molecule has 1 aliphatic carbocycles. The third-order valence-electron chi connectivity index (χ3n) is 6.25. The van der Waals surface area contributed by atoms with E-state index in [-0.39, 0.29) is 17.4 Å². The minimum Gasteiger partial charge on any atom is -0.371 e. The molecule has 5 rings (SSSR count). The van der Waals surface area contributed by atoms with Gasteiger partial charge in [-0.1, -0.05) is 5.16 Å². The van der Waals surface area contributed by atoms with Crippen LogP contribution in [0, 0.1) is 5.92 Å². The first-order valence-corrected chi connectivity index (χ1v) is 10.2. The van der Waals surface area contributed by atoms with Crippen molar-refractivity contribution in [3.05, 3.63) is 47.6 Å². The minimum absolute atomic E-state index is 0.0912. The van der Waals surface area contributed by atoms with E-state index in [1.807, 2.05) is 0 Å². The molecule has 2 amide bonds. The lowest BCUT2D eigenvalue weighted by Gasteiger charge is -2.50. The number of hydrogen-bond donors (Lipinski definition) is 1. The topological polar surface area (TPSA) is 97.6 Å². The molecule has 8 nitrogen and oxygen atoms in total. The number of carbonyl (C=O) groups is 2. The number of carbonyl (C=O) groups excluding carboxylic acids is 2. The molecule has 2 aromatic rings. The van der Waals surface area contributed by atoms with Gasteiger partial charge in [0.1, 0.15) is 11.4 Å². The predicted octanol–water partition coefficient (Wildman–Crippen LogP) is 2.00. The molecule has 2 aliphatic heterocycles. The maximum Gasteiger partial charge on any atom is 0.276 e. The molecule has 1 atom stereocenters. The van der Waals surface area contributed by atoms with Gasteiger partial charge < -0.3 is 19.5 Å². The van der Waals surface area contributed by atoms with Crippen molar-refractivity contribution in [1.29, 1.82) is 0 Å². The van der Waals surface area contributed by atoms with Gasteiger partial charge in [-0.15, -0.1) is 0 Å². The number of pyridine rings is 1. The molecule has 3 aliphatic rings. The van der Waals surface area contributed by atoms with E-state index in [0.29, 0.717) is 49.3 Å². The van der Waals surface area contributed by atoms with Gasteiger partial charge in [0.15, 0.2) is 5.69 Å². The molecular formula is C21H24N4O4.